The Balaban J connectivity index is 1.91. The third-order valence-electron chi connectivity index (χ3n) is 2.64. The summed E-state index contributed by atoms with van der Waals surface area (Å²) in [7, 11) is 2.17. The second-order valence-corrected chi connectivity index (χ2v) is 3.96. The molecule has 76 valence electrons. The molecule has 1 saturated heterocycles. The van der Waals surface area contributed by atoms with Gasteiger partial charge >= 0.3 is 0 Å². The van der Waals surface area contributed by atoms with Gasteiger partial charge in [-0.1, -0.05) is 6.07 Å². The molecule has 1 fully saturated rings. The standard InChI is InChI=1S/C11H17N3/c1-14-8-4-5-10(9-14)13-11-6-2-3-7-12-11/h2-3,6-7,10H,4-5,8-9H2,1H3,(H,12,13). The van der Waals surface area contributed by atoms with Crippen molar-refractivity contribution in [2.24, 2.45) is 0 Å². The van der Waals surface area contributed by atoms with Crippen LogP contribution in [0, 0.1) is 0 Å². The molecule has 1 aromatic heterocycles. The van der Waals surface area contributed by atoms with E-state index in [9.17, 15) is 0 Å². The van der Waals surface area contributed by atoms with Crippen molar-refractivity contribution in [2.75, 3.05) is 25.5 Å². The molecule has 0 amide bonds. The van der Waals surface area contributed by atoms with Gasteiger partial charge in [-0.2, -0.15) is 0 Å². The van der Waals surface area contributed by atoms with Gasteiger partial charge in [-0.3, -0.25) is 0 Å². The molecule has 2 heterocycles. The van der Waals surface area contributed by atoms with E-state index < -0.39 is 0 Å². The zero-order valence-corrected chi connectivity index (χ0v) is 8.61. The lowest BCUT2D eigenvalue weighted by Gasteiger charge is -2.30. The highest BCUT2D eigenvalue weighted by molar-refractivity contribution is 5.34. The average molecular weight is 191 g/mol. The molecule has 1 unspecified atom stereocenters. The normalized spacial score (nSPS) is 23.4. The highest BCUT2D eigenvalue weighted by Crippen LogP contribution is 2.12. The lowest BCUT2D eigenvalue weighted by atomic mass is 10.1. The van der Waals surface area contributed by atoms with Crippen LogP contribution in [0.25, 0.3) is 0 Å². The van der Waals surface area contributed by atoms with Crippen LogP contribution < -0.4 is 5.32 Å². The van der Waals surface area contributed by atoms with Gasteiger partial charge in [-0.25, -0.2) is 4.98 Å². The van der Waals surface area contributed by atoms with Crippen molar-refractivity contribution in [3.05, 3.63) is 24.4 Å². The highest BCUT2D eigenvalue weighted by Gasteiger charge is 2.16. The first-order valence-corrected chi connectivity index (χ1v) is 5.21. The summed E-state index contributed by atoms with van der Waals surface area (Å²) in [5, 5.41) is 3.46. The zero-order chi connectivity index (χ0) is 9.80. The summed E-state index contributed by atoms with van der Waals surface area (Å²) in [5.74, 6) is 0.993. The van der Waals surface area contributed by atoms with Crippen LogP contribution in [0.2, 0.25) is 0 Å². The summed E-state index contributed by atoms with van der Waals surface area (Å²) < 4.78 is 0. The quantitative estimate of drug-likeness (QED) is 0.769. The first-order valence-electron chi connectivity index (χ1n) is 5.21. The van der Waals surface area contributed by atoms with Crippen LogP contribution in [0.4, 0.5) is 5.82 Å². The molecule has 2 rings (SSSR count). The van der Waals surface area contributed by atoms with Crippen LogP contribution in [0.15, 0.2) is 24.4 Å². The third-order valence-corrected chi connectivity index (χ3v) is 2.64. The molecule has 0 saturated carbocycles. The Morgan fingerprint density at radius 1 is 1.50 bits per heavy atom. The van der Waals surface area contributed by atoms with E-state index >= 15 is 0 Å². The van der Waals surface area contributed by atoms with Gasteiger partial charge in [-0.05, 0) is 38.6 Å². The molecule has 0 radical (unpaired) electrons. The van der Waals surface area contributed by atoms with Crippen molar-refractivity contribution in [3.63, 3.8) is 0 Å². The van der Waals surface area contributed by atoms with Crippen molar-refractivity contribution in [1.29, 1.82) is 0 Å². The summed E-state index contributed by atoms with van der Waals surface area (Å²) in [6.45, 7) is 2.34. The van der Waals surface area contributed by atoms with Gasteiger partial charge in [0.05, 0.1) is 0 Å². The number of likely N-dealkylation sites (tertiary alicyclic amines) is 1. The monoisotopic (exact) mass is 191 g/mol. The molecule has 0 spiro atoms. The van der Waals surface area contributed by atoms with Gasteiger partial charge < -0.3 is 10.2 Å². The lowest BCUT2D eigenvalue weighted by Crippen LogP contribution is -2.39. The SMILES string of the molecule is CN1CCCC(Nc2ccccn2)C1. The van der Waals surface area contributed by atoms with E-state index in [1.165, 1.54) is 19.4 Å². The van der Waals surface area contributed by atoms with Crippen LogP contribution in [0.5, 0.6) is 0 Å². The average Bonchev–Trinajstić information content (AvgIpc) is 2.19. The van der Waals surface area contributed by atoms with Gasteiger partial charge in [0.15, 0.2) is 0 Å². The molecular formula is C11H17N3. The molecule has 0 bridgehead atoms. The molecule has 1 aliphatic rings. The Morgan fingerprint density at radius 2 is 2.43 bits per heavy atom. The van der Waals surface area contributed by atoms with Gasteiger partial charge in [0, 0.05) is 18.8 Å². The number of hydrogen-bond donors (Lipinski definition) is 1. The summed E-state index contributed by atoms with van der Waals surface area (Å²) in [6, 6.07) is 6.54. The first-order chi connectivity index (χ1) is 6.84. The minimum Gasteiger partial charge on any atom is -0.366 e. The van der Waals surface area contributed by atoms with Crippen molar-refractivity contribution >= 4 is 5.82 Å². The fourth-order valence-electron chi connectivity index (χ4n) is 1.94. The first kappa shape index (κ1) is 9.46. The van der Waals surface area contributed by atoms with Crippen molar-refractivity contribution in [1.82, 2.24) is 9.88 Å². The largest absolute Gasteiger partial charge is 0.366 e. The maximum atomic E-state index is 4.27. The number of piperidine rings is 1. The van der Waals surface area contributed by atoms with Crippen molar-refractivity contribution < 1.29 is 0 Å². The fourth-order valence-corrected chi connectivity index (χ4v) is 1.94. The number of likely N-dealkylation sites (N-methyl/N-ethyl adjacent to an activating group) is 1. The fraction of sp³-hybridized carbons (Fsp3) is 0.545. The smallest absolute Gasteiger partial charge is 0.126 e. The molecule has 1 atom stereocenters. The van der Waals surface area contributed by atoms with E-state index in [-0.39, 0.29) is 0 Å². The Morgan fingerprint density at radius 3 is 3.14 bits per heavy atom. The minimum absolute atomic E-state index is 0.559. The molecule has 3 heteroatoms. The number of pyridine rings is 1. The molecular weight excluding hydrogens is 174 g/mol. The van der Waals surface area contributed by atoms with Crippen LogP contribution in [0.1, 0.15) is 12.8 Å². The predicted octanol–water partition coefficient (Wildman–Crippen LogP) is 1.59. The van der Waals surface area contributed by atoms with Gasteiger partial charge in [-0.15, -0.1) is 0 Å². The molecule has 0 aliphatic carbocycles. The van der Waals surface area contributed by atoms with Crippen LogP contribution >= 0.6 is 0 Å². The lowest BCUT2D eigenvalue weighted by molar-refractivity contribution is 0.261. The summed E-state index contributed by atoms with van der Waals surface area (Å²) in [4.78, 5) is 6.63. The second-order valence-electron chi connectivity index (χ2n) is 3.96. The number of anilines is 1. The van der Waals surface area contributed by atoms with E-state index in [1.807, 2.05) is 24.4 Å². The van der Waals surface area contributed by atoms with Crippen LogP contribution in [-0.4, -0.2) is 36.1 Å². The van der Waals surface area contributed by atoms with E-state index in [0.717, 1.165) is 12.4 Å². The number of nitrogens with one attached hydrogen (secondary N) is 1. The maximum Gasteiger partial charge on any atom is 0.126 e. The molecule has 1 aromatic rings. The van der Waals surface area contributed by atoms with Gasteiger partial charge in [0.25, 0.3) is 0 Å². The summed E-state index contributed by atoms with van der Waals surface area (Å²) in [6.07, 6.45) is 4.36. The number of rotatable bonds is 2. The van der Waals surface area contributed by atoms with Gasteiger partial charge in [0.1, 0.15) is 5.82 Å². The van der Waals surface area contributed by atoms with E-state index in [0.29, 0.717) is 6.04 Å². The minimum atomic E-state index is 0.559. The van der Waals surface area contributed by atoms with Crippen LogP contribution in [0.3, 0.4) is 0 Å². The molecule has 1 N–H and O–H groups in total. The second kappa shape index (κ2) is 4.42. The van der Waals surface area contributed by atoms with E-state index in [4.69, 9.17) is 0 Å². The maximum absolute atomic E-state index is 4.27. The number of nitrogens with zero attached hydrogens (tertiary/aromatic N) is 2. The van der Waals surface area contributed by atoms with Crippen molar-refractivity contribution in [2.45, 2.75) is 18.9 Å². The Bertz CT molecular complexity index is 273. The van der Waals surface area contributed by atoms with E-state index in [1.54, 1.807) is 0 Å². The summed E-state index contributed by atoms with van der Waals surface area (Å²) >= 11 is 0. The Hall–Kier alpha value is -1.09. The highest BCUT2D eigenvalue weighted by atomic mass is 15.1. The van der Waals surface area contributed by atoms with E-state index in [2.05, 4.69) is 22.2 Å². The zero-order valence-electron chi connectivity index (χ0n) is 8.61. The summed E-state index contributed by atoms with van der Waals surface area (Å²) in [5.41, 5.74) is 0. The van der Waals surface area contributed by atoms with Crippen molar-refractivity contribution in [3.8, 4) is 0 Å². The molecule has 1 aliphatic heterocycles. The molecule has 0 aromatic carbocycles. The van der Waals surface area contributed by atoms with Gasteiger partial charge in [0.2, 0.25) is 0 Å². The molecule has 14 heavy (non-hydrogen) atoms. The predicted molar refractivity (Wildman–Crippen MR) is 58.4 cm³/mol. The Labute approximate surface area is 85.1 Å². The molecule has 3 nitrogen and oxygen atoms in total. The third kappa shape index (κ3) is 2.45. The number of aromatic nitrogens is 1. The number of hydrogen-bond acceptors (Lipinski definition) is 3. The van der Waals surface area contributed by atoms with Crippen LogP contribution in [-0.2, 0) is 0 Å². The topological polar surface area (TPSA) is 28.2 Å². The Kier molecular flexibility index (Phi) is 2.99.